The third kappa shape index (κ3) is 4.00. The van der Waals surface area contributed by atoms with Crippen LogP contribution in [0.1, 0.15) is 33.0 Å². The number of amides is 1. The number of hydrogen-bond acceptors (Lipinski definition) is 5. The summed E-state index contributed by atoms with van der Waals surface area (Å²) in [6, 6.07) is 17.0. The highest BCUT2D eigenvalue weighted by Crippen LogP contribution is 2.14. The summed E-state index contributed by atoms with van der Waals surface area (Å²) in [4.78, 5) is 24.9. The Morgan fingerprint density at radius 1 is 1.03 bits per heavy atom. The van der Waals surface area contributed by atoms with Crippen LogP contribution in [0.4, 0.5) is 0 Å². The van der Waals surface area contributed by atoms with Gasteiger partial charge in [0, 0.05) is 23.7 Å². The number of aromatic nitrogens is 4. The zero-order chi connectivity index (χ0) is 22.0. The maximum Gasteiger partial charge on any atom is 0.292 e. The van der Waals surface area contributed by atoms with Crippen LogP contribution < -0.4 is 11.0 Å². The van der Waals surface area contributed by atoms with E-state index in [1.54, 1.807) is 30.5 Å². The molecule has 0 fully saturated rings. The fourth-order valence-electron chi connectivity index (χ4n) is 3.48. The molecule has 1 amide bonds. The monoisotopic (exact) mass is 414 g/mol. The van der Waals surface area contributed by atoms with Crippen LogP contribution in [0, 0.1) is 13.8 Å². The predicted octanol–water partition coefficient (Wildman–Crippen LogP) is 2.56. The number of rotatable bonds is 5. The molecule has 0 aliphatic carbocycles. The van der Waals surface area contributed by atoms with Crippen molar-refractivity contribution in [3.63, 3.8) is 0 Å². The van der Waals surface area contributed by atoms with E-state index < -0.39 is 5.91 Å². The number of fused-ring (bicyclic) bond motifs is 1. The minimum atomic E-state index is -0.491. The van der Waals surface area contributed by atoms with Crippen LogP contribution in [-0.4, -0.2) is 31.7 Å². The van der Waals surface area contributed by atoms with Crippen molar-refractivity contribution in [2.45, 2.75) is 20.4 Å². The lowest BCUT2D eigenvalue weighted by Gasteiger charge is -2.06. The van der Waals surface area contributed by atoms with Crippen molar-refractivity contribution in [2.75, 3.05) is 0 Å². The van der Waals surface area contributed by atoms with Gasteiger partial charge in [0.25, 0.3) is 11.5 Å². The molecule has 0 atom stereocenters. The summed E-state index contributed by atoms with van der Waals surface area (Å²) in [6.07, 6.45) is 1.58. The molecule has 4 rings (SSSR count). The Labute approximate surface area is 178 Å². The van der Waals surface area contributed by atoms with Crippen molar-refractivity contribution in [3.05, 3.63) is 93.2 Å². The van der Waals surface area contributed by atoms with Gasteiger partial charge in [-0.05, 0) is 25.5 Å². The van der Waals surface area contributed by atoms with E-state index >= 15 is 0 Å². The minimum Gasteiger partial charge on any atom is -0.267 e. The molecule has 2 heterocycles. The standard InChI is InChI=1S/C23H22N6O2/c1-15-20(16(2)29(26-15)14-17-9-5-4-6-10-17)13-24-25-22(30)21-18-11-7-8-12-19(18)23(31)28(3)27-21/h4-13H,14H2,1-3H3,(H,25,30)/b24-13-. The lowest BCUT2D eigenvalue weighted by molar-refractivity contribution is 0.0950. The fourth-order valence-corrected chi connectivity index (χ4v) is 3.48. The molecule has 0 saturated carbocycles. The number of hydrazone groups is 1. The Balaban J connectivity index is 1.56. The van der Waals surface area contributed by atoms with Gasteiger partial charge in [-0.25, -0.2) is 10.1 Å². The predicted molar refractivity (Wildman–Crippen MR) is 119 cm³/mol. The first-order valence-corrected chi connectivity index (χ1v) is 9.83. The smallest absolute Gasteiger partial charge is 0.267 e. The van der Waals surface area contributed by atoms with Crippen molar-refractivity contribution in [3.8, 4) is 0 Å². The van der Waals surface area contributed by atoms with Crippen molar-refractivity contribution in [2.24, 2.45) is 12.1 Å². The summed E-state index contributed by atoms with van der Waals surface area (Å²) in [5.41, 5.74) is 6.16. The number of nitrogens with zero attached hydrogens (tertiary/aromatic N) is 5. The molecule has 4 aromatic rings. The zero-order valence-corrected chi connectivity index (χ0v) is 17.5. The van der Waals surface area contributed by atoms with E-state index in [1.165, 1.54) is 7.05 Å². The van der Waals surface area contributed by atoms with Crippen molar-refractivity contribution >= 4 is 22.9 Å². The molecule has 2 aromatic carbocycles. The molecule has 31 heavy (non-hydrogen) atoms. The Hall–Kier alpha value is -4.07. The van der Waals surface area contributed by atoms with Gasteiger partial charge in [0.15, 0.2) is 5.69 Å². The first kappa shape index (κ1) is 20.2. The fraction of sp³-hybridized carbons (Fsp3) is 0.174. The SMILES string of the molecule is Cc1nn(Cc2ccccc2)c(C)c1/C=N\NC(=O)c1nn(C)c(=O)c2ccccc12. The maximum atomic E-state index is 12.7. The summed E-state index contributed by atoms with van der Waals surface area (Å²) in [5.74, 6) is -0.491. The molecule has 0 aliphatic heterocycles. The Kier molecular flexibility index (Phi) is 5.44. The van der Waals surface area contributed by atoms with E-state index in [0.29, 0.717) is 17.3 Å². The first-order chi connectivity index (χ1) is 15.0. The molecule has 8 nitrogen and oxygen atoms in total. The molecule has 0 spiro atoms. The zero-order valence-electron chi connectivity index (χ0n) is 17.5. The third-order valence-electron chi connectivity index (χ3n) is 5.14. The minimum absolute atomic E-state index is 0.142. The van der Waals surface area contributed by atoms with Gasteiger partial charge < -0.3 is 0 Å². The number of benzene rings is 2. The molecule has 0 saturated heterocycles. The van der Waals surface area contributed by atoms with E-state index in [2.05, 4.69) is 32.9 Å². The molecular formula is C23H22N6O2. The van der Waals surface area contributed by atoms with Crippen LogP contribution >= 0.6 is 0 Å². The Morgan fingerprint density at radius 3 is 2.45 bits per heavy atom. The van der Waals surface area contributed by atoms with Crippen molar-refractivity contribution in [1.82, 2.24) is 25.0 Å². The molecule has 0 aliphatic rings. The summed E-state index contributed by atoms with van der Waals surface area (Å²) in [5, 5.41) is 13.7. The lowest BCUT2D eigenvalue weighted by Crippen LogP contribution is -2.27. The van der Waals surface area contributed by atoms with Gasteiger partial charge >= 0.3 is 0 Å². The van der Waals surface area contributed by atoms with E-state index in [-0.39, 0.29) is 11.3 Å². The summed E-state index contributed by atoms with van der Waals surface area (Å²) < 4.78 is 3.07. The van der Waals surface area contributed by atoms with Crippen LogP contribution in [0.5, 0.6) is 0 Å². The molecule has 2 aromatic heterocycles. The lowest BCUT2D eigenvalue weighted by atomic mass is 10.1. The Morgan fingerprint density at radius 2 is 1.71 bits per heavy atom. The Bertz CT molecular complexity index is 1350. The van der Waals surface area contributed by atoms with E-state index in [9.17, 15) is 9.59 Å². The van der Waals surface area contributed by atoms with Gasteiger partial charge in [0.05, 0.1) is 23.8 Å². The molecule has 0 unspecified atom stereocenters. The number of nitrogens with one attached hydrogen (secondary N) is 1. The van der Waals surface area contributed by atoms with Gasteiger partial charge in [0.1, 0.15) is 0 Å². The highest BCUT2D eigenvalue weighted by Gasteiger charge is 2.15. The van der Waals surface area contributed by atoms with E-state index in [4.69, 9.17) is 0 Å². The molecule has 8 heteroatoms. The first-order valence-electron chi connectivity index (χ1n) is 9.83. The summed E-state index contributed by atoms with van der Waals surface area (Å²) in [6.45, 7) is 4.52. The largest absolute Gasteiger partial charge is 0.292 e. The number of carbonyl (C=O) groups excluding carboxylic acids is 1. The van der Waals surface area contributed by atoms with Gasteiger partial charge in [-0.2, -0.15) is 15.3 Å². The van der Waals surface area contributed by atoms with Gasteiger partial charge in [-0.15, -0.1) is 0 Å². The van der Waals surface area contributed by atoms with Crippen LogP contribution in [0.25, 0.3) is 10.8 Å². The normalized spacial score (nSPS) is 11.3. The third-order valence-corrected chi connectivity index (χ3v) is 5.14. The average Bonchev–Trinajstić information content (AvgIpc) is 3.04. The molecule has 1 N–H and O–H groups in total. The summed E-state index contributed by atoms with van der Waals surface area (Å²) >= 11 is 0. The van der Waals surface area contributed by atoms with Crippen LogP contribution in [0.15, 0.2) is 64.5 Å². The van der Waals surface area contributed by atoms with E-state index in [0.717, 1.165) is 27.2 Å². The van der Waals surface area contributed by atoms with Crippen molar-refractivity contribution < 1.29 is 4.79 Å². The second-order valence-electron chi connectivity index (χ2n) is 7.25. The topological polar surface area (TPSA) is 94.2 Å². The van der Waals surface area contributed by atoms with Crippen LogP contribution in [0.3, 0.4) is 0 Å². The van der Waals surface area contributed by atoms with Gasteiger partial charge in [-0.1, -0.05) is 48.5 Å². The molecule has 0 bridgehead atoms. The van der Waals surface area contributed by atoms with Gasteiger partial charge in [-0.3, -0.25) is 14.3 Å². The second kappa shape index (κ2) is 8.35. The quantitative estimate of drug-likeness (QED) is 0.401. The number of hydrogen-bond donors (Lipinski definition) is 1. The van der Waals surface area contributed by atoms with Gasteiger partial charge in [0.2, 0.25) is 0 Å². The second-order valence-corrected chi connectivity index (χ2v) is 7.25. The number of aryl methyl sites for hydroxylation is 2. The summed E-state index contributed by atoms with van der Waals surface area (Å²) in [7, 11) is 1.52. The van der Waals surface area contributed by atoms with E-state index in [1.807, 2.05) is 36.7 Å². The average molecular weight is 414 g/mol. The highest BCUT2D eigenvalue weighted by atomic mass is 16.2. The van der Waals surface area contributed by atoms with Crippen molar-refractivity contribution in [1.29, 1.82) is 0 Å². The molecule has 156 valence electrons. The van der Waals surface area contributed by atoms with Crippen LogP contribution in [-0.2, 0) is 13.6 Å². The highest BCUT2D eigenvalue weighted by molar-refractivity contribution is 6.05. The maximum absolute atomic E-state index is 12.7. The molecular weight excluding hydrogens is 392 g/mol. The molecule has 0 radical (unpaired) electrons. The number of carbonyl (C=O) groups is 1. The van der Waals surface area contributed by atoms with Crippen LogP contribution in [0.2, 0.25) is 0 Å².